The summed E-state index contributed by atoms with van der Waals surface area (Å²) in [5.74, 6) is -2.73. The van der Waals surface area contributed by atoms with Crippen molar-refractivity contribution in [2.75, 3.05) is 5.32 Å². The summed E-state index contributed by atoms with van der Waals surface area (Å²) in [5.41, 5.74) is 3.98. The summed E-state index contributed by atoms with van der Waals surface area (Å²) in [4.78, 5) is 22.9. The van der Waals surface area contributed by atoms with Crippen molar-refractivity contribution in [1.29, 1.82) is 0 Å². The maximum atomic E-state index is 13.6. The van der Waals surface area contributed by atoms with E-state index in [1.807, 2.05) is 6.92 Å². The number of carboxylic acid groups (broad SMARTS) is 1. The van der Waals surface area contributed by atoms with E-state index in [0.717, 1.165) is 6.07 Å². The Balaban J connectivity index is 3.06. The molecule has 0 aliphatic carbocycles. The number of anilines is 1. The second kappa shape index (κ2) is 5.79. The van der Waals surface area contributed by atoms with Crippen molar-refractivity contribution < 1.29 is 19.1 Å². The Bertz CT molecular complexity index is 501. The number of carboxylic acids is 1. The van der Waals surface area contributed by atoms with Crippen molar-refractivity contribution in [1.82, 2.24) is 0 Å². The summed E-state index contributed by atoms with van der Waals surface area (Å²) in [5, 5.41) is 11.2. The van der Waals surface area contributed by atoms with E-state index in [0.29, 0.717) is 12.8 Å². The molecule has 0 saturated heterocycles. The number of carbonyl (C=O) groups is 2. The molecule has 0 aliphatic heterocycles. The van der Waals surface area contributed by atoms with Crippen molar-refractivity contribution in [3.8, 4) is 0 Å². The lowest BCUT2D eigenvalue weighted by atomic mass is 9.96. The first-order valence-corrected chi connectivity index (χ1v) is 5.91. The molecule has 1 atom stereocenters. The van der Waals surface area contributed by atoms with Gasteiger partial charge in [0, 0.05) is 0 Å². The molecule has 6 heteroatoms. The second-order valence-corrected chi connectivity index (χ2v) is 4.59. The zero-order valence-electron chi connectivity index (χ0n) is 10.9. The molecule has 0 radical (unpaired) electrons. The van der Waals surface area contributed by atoms with E-state index >= 15 is 0 Å². The molecule has 4 N–H and O–H groups in total. The lowest BCUT2D eigenvalue weighted by Gasteiger charge is -2.23. The quantitative estimate of drug-likeness (QED) is 0.761. The fourth-order valence-corrected chi connectivity index (χ4v) is 1.72. The minimum Gasteiger partial charge on any atom is -0.478 e. The summed E-state index contributed by atoms with van der Waals surface area (Å²) in [6.07, 6.45) is 1.10. The van der Waals surface area contributed by atoms with Crippen LogP contribution < -0.4 is 11.1 Å². The van der Waals surface area contributed by atoms with E-state index in [4.69, 9.17) is 10.8 Å². The van der Waals surface area contributed by atoms with Crippen LogP contribution in [0.1, 0.15) is 37.0 Å². The zero-order chi connectivity index (χ0) is 14.6. The van der Waals surface area contributed by atoms with E-state index in [1.165, 1.54) is 19.1 Å². The molecule has 0 bridgehead atoms. The van der Waals surface area contributed by atoms with Crippen LogP contribution in [0.2, 0.25) is 0 Å². The minimum absolute atomic E-state index is 0.305. The predicted molar refractivity (Wildman–Crippen MR) is 69.5 cm³/mol. The van der Waals surface area contributed by atoms with Gasteiger partial charge in [-0.25, -0.2) is 9.18 Å². The number of amides is 1. The number of benzene rings is 1. The Morgan fingerprint density at radius 2 is 2.11 bits per heavy atom. The molecule has 1 amide bonds. The Kier molecular flexibility index (Phi) is 4.61. The van der Waals surface area contributed by atoms with Gasteiger partial charge in [0.2, 0.25) is 5.91 Å². The topological polar surface area (TPSA) is 92.4 Å². The number of carbonyl (C=O) groups excluding carboxylic acids is 1. The van der Waals surface area contributed by atoms with Crippen LogP contribution in [0, 0.1) is 5.82 Å². The van der Waals surface area contributed by atoms with Crippen LogP contribution in [-0.4, -0.2) is 22.5 Å². The first-order chi connectivity index (χ1) is 8.79. The maximum Gasteiger partial charge on any atom is 0.337 e. The molecule has 0 aromatic heterocycles. The molecular formula is C13H17FN2O3. The number of rotatable bonds is 5. The van der Waals surface area contributed by atoms with Crippen LogP contribution in [-0.2, 0) is 4.79 Å². The number of aromatic carboxylic acids is 1. The Hall–Kier alpha value is -1.95. The molecule has 0 saturated carbocycles. The van der Waals surface area contributed by atoms with Gasteiger partial charge in [-0.1, -0.05) is 19.4 Å². The van der Waals surface area contributed by atoms with Gasteiger partial charge in [-0.05, 0) is 25.5 Å². The molecule has 104 valence electrons. The van der Waals surface area contributed by atoms with Gasteiger partial charge in [0.15, 0.2) is 0 Å². The molecule has 0 fully saturated rings. The van der Waals surface area contributed by atoms with Crippen LogP contribution in [0.3, 0.4) is 0 Å². The van der Waals surface area contributed by atoms with E-state index in [1.54, 1.807) is 0 Å². The van der Waals surface area contributed by atoms with Crippen molar-refractivity contribution in [3.63, 3.8) is 0 Å². The summed E-state index contributed by atoms with van der Waals surface area (Å²) >= 11 is 0. The summed E-state index contributed by atoms with van der Waals surface area (Å²) in [6, 6.07) is 3.56. The number of hydrogen-bond acceptors (Lipinski definition) is 3. The lowest BCUT2D eigenvalue weighted by molar-refractivity contribution is -0.120. The van der Waals surface area contributed by atoms with Gasteiger partial charge in [-0.2, -0.15) is 0 Å². The minimum atomic E-state index is -1.32. The van der Waals surface area contributed by atoms with Crippen LogP contribution >= 0.6 is 0 Å². The second-order valence-electron chi connectivity index (χ2n) is 4.59. The van der Waals surface area contributed by atoms with Crippen molar-refractivity contribution >= 4 is 17.6 Å². The molecule has 1 unspecified atom stereocenters. The molecular weight excluding hydrogens is 251 g/mol. The first-order valence-electron chi connectivity index (χ1n) is 5.91. The van der Waals surface area contributed by atoms with Crippen LogP contribution in [0.4, 0.5) is 10.1 Å². The van der Waals surface area contributed by atoms with Crippen LogP contribution in [0.5, 0.6) is 0 Å². The smallest absolute Gasteiger partial charge is 0.337 e. The van der Waals surface area contributed by atoms with E-state index < -0.39 is 23.2 Å². The molecule has 19 heavy (non-hydrogen) atoms. The van der Waals surface area contributed by atoms with Gasteiger partial charge in [0.25, 0.3) is 0 Å². The highest BCUT2D eigenvalue weighted by Crippen LogP contribution is 2.22. The summed E-state index contributed by atoms with van der Waals surface area (Å²) in [6.45, 7) is 3.39. The number of hydrogen-bond donors (Lipinski definition) is 3. The Labute approximate surface area is 110 Å². The Morgan fingerprint density at radius 1 is 1.47 bits per heavy atom. The van der Waals surface area contributed by atoms with E-state index in [-0.39, 0.29) is 11.3 Å². The van der Waals surface area contributed by atoms with Gasteiger partial charge in [0.05, 0.1) is 16.8 Å². The van der Waals surface area contributed by atoms with Gasteiger partial charge in [-0.15, -0.1) is 0 Å². The van der Waals surface area contributed by atoms with Crippen molar-refractivity contribution in [3.05, 3.63) is 29.6 Å². The monoisotopic (exact) mass is 268 g/mol. The Morgan fingerprint density at radius 3 is 2.63 bits per heavy atom. The van der Waals surface area contributed by atoms with Gasteiger partial charge in [0.1, 0.15) is 5.82 Å². The van der Waals surface area contributed by atoms with E-state index in [9.17, 15) is 14.0 Å². The van der Waals surface area contributed by atoms with Gasteiger partial charge < -0.3 is 16.2 Å². The highest BCUT2D eigenvalue weighted by atomic mass is 19.1. The number of halogens is 1. The number of para-hydroxylation sites is 1. The maximum absolute atomic E-state index is 13.6. The lowest BCUT2D eigenvalue weighted by Crippen LogP contribution is -2.48. The van der Waals surface area contributed by atoms with Crippen molar-refractivity contribution in [2.45, 2.75) is 32.2 Å². The van der Waals surface area contributed by atoms with E-state index in [2.05, 4.69) is 5.32 Å². The SMILES string of the molecule is CCCC(C)(N)C(=O)Nc1c(F)cccc1C(=O)O. The molecule has 0 spiro atoms. The third kappa shape index (κ3) is 3.51. The largest absolute Gasteiger partial charge is 0.478 e. The van der Waals surface area contributed by atoms with Crippen LogP contribution in [0.25, 0.3) is 0 Å². The molecule has 1 rings (SSSR count). The third-order valence-electron chi connectivity index (χ3n) is 2.77. The molecule has 0 heterocycles. The normalized spacial score (nSPS) is 13.7. The molecule has 1 aromatic carbocycles. The fourth-order valence-electron chi connectivity index (χ4n) is 1.72. The fraction of sp³-hybridized carbons (Fsp3) is 0.385. The average molecular weight is 268 g/mol. The highest BCUT2D eigenvalue weighted by Gasteiger charge is 2.29. The van der Waals surface area contributed by atoms with Crippen LogP contribution in [0.15, 0.2) is 18.2 Å². The summed E-state index contributed by atoms with van der Waals surface area (Å²) < 4.78 is 13.6. The number of nitrogens with two attached hydrogens (primary N) is 1. The molecule has 5 nitrogen and oxygen atoms in total. The van der Waals surface area contributed by atoms with Crippen molar-refractivity contribution in [2.24, 2.45) is 5.73 Å². The zero-order valence-corrected chi connectivity index (χ0v) is 10.9. The standard InChI is InChI=1S/C13H17FN2O3/c1-3-7-13(2,15)12(19)16-10-8(11(17)18)5-4-6-9(10)14/h4-6H,3,7,15H2,1-2H3,(H,16,19)(H,17,18). The first kappa shape index (κ1) is 15.1. The van der Waals surface area contributed by atoms with Gasteiger partial charge in [-0.3, -0.25) is 4.79 Å². The molecule has 0 aliphatic rings. The average Bonchev–Trinajstić information content (AvgIpc) is 2.31. The van der Waals surface area contributed by atoms with Gasteiger partial charge >= 0.3 is 5.97 Å². The predicted octanol–water partition coefficient (Wildman–Crippen LogP) is 1.98. The third-order valence-corrected chi connectivity index (χ3v) is 2.77. The number of nitrogens with one attached hydrogen (secondary N) is 1. The highest BCUT2D eigenvalue weighted by molar-refractivity contribution is 6.03. The molecule has 1 aromatic rings. The summed E-state index contributed by atoms with van der Waals surface area (Å²) in [7, 11) is 0.